The number of aliphatic imine (C=N–C) groups is 2. The zero-order chi connectivity index (χ0) is 21.6. The quantitative estimate of drug-likeness (QED) is 0.350. The zero-order valence-electron chi connectivity index (χ0n) is 17.2. The maximum absolute atomic E-state index is 5.86. The lowest BCUT2D eigenvalue weighted by atomic mass is 10.1. The second kappa shape index (κ2) is 9.21. The van der Waals surface area contributed by atoms with Crippen molar-refractivity contribution in [1.29, 1.82) is 0 Å². The summed E-state index contributed by atoms with van der Waals surface area (Å²) in [6.45, 7) is 3.18. The van der Waals surface area contributed by atoms with E-state index in [2.05, 4.69) is 41.7 Å². The topological polar surface area (TPSA) is 124 Å². The van der Waals surface area contributed by atoms with E-state index in [1.54, 1.807) is 12.4 Å². The van der Waals surface area contributed by atoms with Crippen molar-refractivity contribution in [1.82, 2.24) is 21.5 Å². The Hall–Kier alpha value is -4.34. The van der Waals surface area contributed by atoms with Crippen LogP contribution in [0.2, 0.25) is 0 Å². The highest BCUT2D eigenvalue weighted by atomic mass is 16.3. The number of nitrogens with zero attached hydrogens (tertiary/aromatic N) is 4. The summed E-state index contributed by atoms with van der Waals surface area (Å²) in [5, 5.41) is 14.4. The van der Waals surface area contributed by atoms with Gasteiger partial charge in [0.2, 0.25) is 11.9 Å². The van der Waals surface area contributed by atoms with Crippen LogP contribution in [-0.2, 0) is 0 Å². The normalized spacial score (nSPS) is 15.6. The molecule has 0 spiro atoms. The molecule has 0 unspecified atom stereocenters. The fourth-order valence-corrected chi connectivity index (χ4v) is 3.21. The van der Waals surface area contributed by atoms with Gasteiger partial charge in [-0.25, -0.2) is 20.8 Å². The molecule has 1 aromatic carbocycles. The van der Waals surface area contributed by atoms with Gasteiger partial charge >= 0.3 is 0 Å². The molecule has 0 bridgehead atoms. The summed E-state index contributed by atoms with van der Waals surface area (Å²) < 4.78 is 11.7. The van der Waals surface area contributed by atoms with Crippen LogP contribution in [0.5, 0.6) is 0 Å². The molecule has 2 aromatic heterocycles. The number of hydrogen-bond acceptors (Lipinski definition) is 10. The van der Waals surface area contributed by atoms with Gasteiger partial charge in [0.25, 0.3) is 0 Å². The van der Waals surface area contributed by atoms with Gasteiger partial charge in [0.05, 0.1) is 25.5 Å². The van der Waals surface area contributed by atoms with Gasteiger partial charge in [-0.3, -0.25) is 0 Å². The van der Waals surface area contributed by atoms with Gasteiger partial charge in [-0.2, -0.15) is 10.2 Å². The number of furan rings is 2. The maximum Gasteiger partial charge on any atom is 0.212 e. The van der Waals surface area contributed by atoms with E-state index in [4.69, 9.17) is 8.83 Å². The molecule has 10 nitrogen and oxygen atoms in total. The van der Waals surface area contributed by atoms with Gasteiger partial charge < -0.3 is 19.5 Å². The molecule has 4 heterocycles. The average Bonchev–Trinajstić information content (AvgIpc) is 3.62. The Bertz CT molecular complexity index is 1090. The highest BCUT2D eigenvalue weighted by Crippen LogP contribution is 2.27. The largest absolute Gasteiger partial charge is 0.455 e. The fourth-order valence-electron chi connectivity index (χ4n) is 3.21. The van der Waals surface area contributed by atoms with Crippen molar-refractivity contribution in [3.63, 3.8) is 0 Å². The minimum Gasteiger partial charge on any atom is -0.455 e. The second-order valence-corrected chi connectivity index (χ2v) is 7.04. The van der Waals surface area contributed by atoms with Crippen molar-refractivity contribution >= 4 is 24.3 Å². The summed E-state index contributed by atoms with van der Waals surface area (Å²) in [4.78, 5) is 8.42. The SMILES string of the molecule is C(=N\NC1=NCCN1)/c1ccc(-c2ccc(-c3ccc(/C=N/NC4=NCCN4)o3)cc2)o1. The molecule has 0 radical (unpaired) electrons. The molecule has 5 rings (SSSR count). The summed E-state index contributed by atoms with van der Waals surface area (Å²) in [6.07, 6.45) is 3.24. The smallest absolute Gasteiger partial charge is 0.212 e. The van der Waals surface area contributed by atoms with Crippen LogP contribution < -0.4 is 21.5 Å². The van der Waals surface area contributed by atoms with E-state index in [-0.39, 0.29) is 0 Å². The average molecular weight is 430 g/mol. The van der Waals surface area contributed by atoms with Crippen LogP contribution in [0.15, 0.2) is 77.6 Å². The summed E-state index contributed by atoms with van der Waals surface area (Å²) in [7, 11) is 0. The first-order chi connectivity index (χ1) is 15.8. The Morgan fingerprint density at radius 3 is 1.56 bits per heavy atom. The minimum atomic E-state index is 0.650. The van der Waals surface area contributed by atoms with Gasteiger partial charge in [-0.05, 0) is 24.3 Å². The number of hydrogen-bond donors (Lipinski definition) is 4. The summed E-state index contributed by atoms with van der Waals surface area (Å²) in [5.41, 5.74) is 7.63. The standard InChI is InChI=1S/C22H22N8O2/c1-2-16(20-8-6-18(32-20)14-28-30-22-25-11-12-26-22)4-3-15(1)19-7-5-17(31-19)13-27-29-21-23-9-10-24-21/h1-8,13-14H,9-12H2,(H2,23,24,29)(H2,25,26,30)/b27-13+,28-14+. The van der Waals surface area contributed by atoms with Crippen LogP contribution in [0.3, 0.4) is 0 Å². The van der Waals surface area contributed by atoms with Crippen molar-refractivity contribution in [2.24, 2.45) is 20.2 Å². The fraction of sp³-hybridized carbons (Fsp3) is 0.182. The highest BCUT2D eigenvalue weighted by Gasteiger charge is 2.08. The van der Waals surface area contributed by atoms with Gasteiger partial charge in [0.1, 0.15) is 23.0 Å². The highest BCUT2D eigenvalue weighted by molar-refractivity contribution is 5.84. The van der Waals surface area contributed by atoms with Crippen molar-refractivity contribution in [2.75, 3.05) is 26.2 Å². The summed E-state index contributed by atoms with van der Waals surface area (Å²) >= 11 is 0. The first-order valence-electron chi connectivity index (χ1n) is 10.3. The van der Waals surface area contributed by atoms with E-state index in [0.29, 0.717) is 23.4 Å². The van der Waals surface area contributed by atoms with Gasteiger partial charge in [-0.15, -0.1) is 0 Å². The van der Waals surface area contributed by atoms with Crippen LogP contribution >= 0.6 is 0 Å². The van der Waals surface area contributed by atoms with E-state index >= 15 is 0 Å². The number of hydrazone groups is 2. The molecule has 10 heteroatoms. The molecule has 3 aromatic rings. The van der Waals surface area contributed by atoms with Gasteiger partial charge in [0.15, 0.2) is 0 Å². The van der Waals surface area contributed by atoms with Crippen LogP contribution in [0.1, 0.15) is 11.5 Å². The van der Waals surface area contributed by atoms with Crippen LogP contribution in [0, 0.1) is 0 Å². The molecule has 0 aliphatic carbocycles. The van der Waals surface area contributed by atoms with Crippen molar-refractivity contribution in [3.05, 3.63) is 60.1 Å². The maximum atomic E-state index is 5.86. The first-order valence-corrected chi connectivity index (χ1v) is 10.3. The summed E-state index contributed by atoms with van der Waals surface area (Å²) in [5.74, 6) is 4.17. The third kappa shape index (κ3) is 4.69. The molecule has 2 aliphatic rings. The summed E-state index contributed by atoms with van der Waals surface area (Å²) in [6, 6.07) is 15.5. The van der Waals surface area contributed by atoms with Crippen molar-refractivity contribution in [2.45, 2.75) is 0 Å². The molecule has 0 saturated carbocycles. The Kier molecular flexibility index (Phi) is 5.64. The van der Waals surface area contributed by atoms with E-state index in [1.165, 1.54) is 0 Å². The molecular formula is C22H22N8O2. The molecule has 0 fully saturated rings. The Labute approximate surface area is 184 Å². The lowest BCUT2D eigenvalue weighted by molar-refractivity contribution is 0.573. The Morgan fingerprint density at radius 2 is 1.16 bits per heavy atom. The third-order valence-electron chi connectivity index (χ3n) is 4.78. The van der Waals surface area contributed by atoms with Crippen molar-refractivity contribution in [3.8, 4) is 22.6 Å². The van der Waals surface area contributed by atoms with Crippen molar-refractivity contribution < 1.29 is 8.83 Å². The lowest BCUT2D eigenvalue weighted by Crippen LogP contribution is -2.30. The van der Waals surface area contributed by atoms with Gasteiger partial charge in [-0.1, -0.05) is 24.3 Å². The number of nitrogens with one attached hydrogen (secondary N) is 4. The molecule has 32 heavy (non-hydrogen) atoms. The first kappa shape index (κ1) is 19.6. The minimum absolute atomic E-state index is 0.650. The molecule has 0 saturated heterocycles. The van der Waals surface area contributed by atoms with Gasteiger partial charge in [0, 0.05) is 24.2 Å². The number of rotatable bonds is 6. The van der Waals surface area contributed by atoms with E-state index in [0.717, 1.165) is 48.8 Å². The molecule has 2 aliphatic heterocycles. The molecule has 0 atom stereocenters. The predicted molar refractivity (Wildman–Crippen MR) is 124 cm³/mol. The Morgan fingerprint density at radius 1 is 0.688 bits per heavy atom. The van der Waals surface area contributed by atoms with E-state index in [9.17, 15) is 0 Å². The predicted octanol–water partition coefficient (Wildman–Crippen LogP) is 1.97. The number of benzene rings is 1. The zero-order valence-corrected chi connectivity index (χ0v) is 17.2. The second-order valence-electron chi connectivity index (χ2n) is 7.04. The Balaban J connectivity index is 1.20. The van der Waals surface area contributed by atoms with Crippen LogP contribution in [0.25, 0.3) is 22.6 Å². The lowest BCUT2D eigenvalue weighted by Gasteiger charge is -2.00. The molecule has 4 N–H and O–H groups in total. The number of guanidine groups is 2. The van der Waals surface area contributed by atoms with E-state index in [1.807, 2.05) is 48.5 Å². The van der Waals surface area contributed by atoms with Crippen LogP contribution in [0.4, 0.5) is 0 Å². The molecule has 0 amide bonds. The van der Waals surface area contributed by atoms with Crippen LogP contribution in [-0.4, -0.2) is 50.5 Å². The molecular weight excluding hydrogens is 408 g/mol. The third-order valence-corrected chi connectivity index (χ3v) is 4.78. The van der Waals surface area contributed by atoms with E-state index < -0.39 is 0 Å². The molecule has 162 valence electrons. The monoisotopic (exact) mass is 430 g/mol.